The van der Waals surface area contributed by atoms with E-state index in [-0.39, 0.29) is 29.8 Å². The van der Waals surface area contributed by atoms with Gasteiger partial charge in [0.1, 0.15) is 5.82 Å². The van der Waals surface area contributed by atoms with E-state index in [1.165, 1.54) is 28.7 Å². The minimum absolute atomic E-state index is 0.0420. The van der Waals surface area contributed by atoms with Gasteiger partial charge in [-0.1, -0.05) is 41.9 Å². The predicted octanol–water partition coefficient (Wildman–Crippen LogP) is 3.08. The molecule has 1 heterocycles. The molecule has 1 aliphatic heterocycles. The Morgan fingerprint density at radius 1 is 1.29 bits per heavy atom. The number of carbonyl (C=O) groups excluding carboxylic acids is 2. The molecular weight excluding hydrogens is 381 g/mol. The van der Waals surface area contributed by atoms with Crippen molar-refractivity contribution < 1.29 is 14.0 Å². The van der Waals surface area contributed by atoms with Crippen molar-refractivity contribution in [3.8, 4) is 0 Å². The number of anilines is 1. The average molecular weight is 404 g/mol. The summed E-state index contributed by atoms with van der Waals surface area (Å²) in [5.74, 6) is -1.26. The predicted molar refractivity (Wildman–Crippen MR) is 108 cm³/mol. The third-order valence-electron chi connectivity index (χ3n) is 4.80. The quantitative estimate of drug-likeness (QED) is 0.773. The van der Waals surface area contributed by atoms with Gasteiger partial charge in [-0.25, -0.2) is 4.39 Å². The molecule has 7 heteroatoms. The number of carbonyl (C=O) groups is 2. The van der Waals surface area contributed by atoms with Crippen LogP contribution in [0.25, 0.3) is 0 Å². The maximum Gasteiger partial charge on any atom is 0.227 e. The molecule has 148 valence electrons. The zero-order valence-electron chi connectivity index (χ0n) is 15.7. The van der Waals surface area contributed by atoms with E-state index < -0.39 is 11.7 Å². The number of hydrogen-bond acceptors (Lipinski definition) is 3. The zero-order chi connectivity index (χ0) is 20.1. The molecule has 0 spiro atoms. The SMILES string of the molecule is CN(CCNC(=O)[C@@H]1CC(=O)N(c2ccc(F)c(Cl)c2)C1)Cc1ccccc1. The molecule has 28 heavy (non-hydrogen) atoms. The number of amides is 2. The molecule has 0 saturated carbocycles. The van der Waals surface area contributed by atoms with E-state index in [4.69, 9.17) is 11.6 Å². The molecule has 2 aromatic rings. The number of halogens is 2. The van der Waals surface area contributed by atoms with Crippen molar-refractivity contribution in [2.75, 3.05) is 31.6 Å². The summed E-state index contributed by atoms with van der Waals surface area (Å²) in [6.45, 7) is 2.29. The standard InChI is InChI=1S/C21H23ClFN3O2/c1-25(13-15-5-3-2-4-6-15)10-9-24-21(28)16-11-20(27)26(14-16)17-7-8-19(23)18(22)12-17/h2-8,12,16H,9-11,13-14H2,1H3,(H,24,28)/t16-/m1/s1. The van der Waals surface area contributed by atoms with Crippen LogP contribution in [0.5, 0.6) is 0 Å². The first-order chi connectivity index (χ1) is 13.4. The van der Waals surface area contributed by atoms with Crippen molar-refractivity contribution >= 4 is 29.1 Å². The number of nitrogens with zero attached hydrogens (tertiary/aromatic N) is 2. The Kier molecular flexibility index (Phi) is 6.65. The molecule has 2 aromatic carbocycles. The van der Waals surface area contributed by atoms with Gasteiger partial charge in [0.25, 0.3) is 0 Å². The minimum atomic E-state index is -0.536. The van der Waals surface area contributed by atoms with Gasteiger partial charge in [0.15, 0.2) is 0 Å². The number of likely N-dealkylation sites (N-methyl/N-ethyl adjacent to an activating group) is 1. The highest BCUT2D eigenvalue weighted by Crippen LogP contribution is 2.28. The van der Waals surface area contributed by atoms with Gasteiger partial charge >= 0.3 is 0 Å². The van der Waals surface area contributed by atoms with Crippen LogP contribution in [0.4, 0.5) is 10.1 Å². The van der Waals surface area contributed by atoms with Gasteiger partial charge in [-0.05, 0) is 30.8 Å². The second kappa shape index (κ2) is 9.17. The van der Waals surface area contributed by atoms with Crippen LogP contribution in [0, 0.1) is 11.7 Å². The normalized spacial score (nSPS) is 16.6. The highest BCUT2D eigenvalue weighted by molar-refractivity contribution is 6.31. The zero-order valence-corrected chi connectivity index (χ0v) is 16.5. The second-order valence-electron chi connectivity index (χ2n) is 7.02. The molecule has 1 fully saturated rings. The first-order valence-electron chi connectivity index (χ1n) is 9.19. The summed E-state index contributed by atoms with van der Waals surface area (Å²) < 4.78 is 13.3. The summed E-state index contributed by atoms with van der Waals surface area (Å²) in [7, 11) is 2.00. The fraction of sp³-hybridized carbons (Fsp3) is 0.333. The molecule has 0 bridgehead atoms. The Hall–Kier alpha value is -2.44. The summed E-state index contributed by atoms with van der Waals surface area (Å²) in [6.07, 6.45) is 0.140. The van der Waals surface area contributed by atoms with Crippen molar-refractivity contribution in [3.05, 3.63) is 64.9 Å². The van der Waals surface area contributed by atoms with Gasteiger partial charge in [-0.2, -0.15) is 0 Å². The molecule has 2 amide bonds. The van der Waals surface area contributed by atoms with Gasteiger partial charge in [-0.3, -0.25) is 9.59 Å². The lowest BCUT2D eigenvalue weighted by Gasteiger charge is -2.19. The summed E-state index contributed by atoms with van der Waals surface area (Å²) in [4.78, 5) is 28.3. The van der Waals surface area contributed by atoms with Gasteiger partial charge < -0.3 is 15.1 Å². The Balaban J connectivity index is 1.47. The summed E-state index contributed by atoms with van der Waals surface area (Å²) >= 11 is 5.80. The van der Waals surface area contributed by atoms with Crippen molar-refractivity contribution in [2.45, 2.75) is 13.0 Å². The second-order valence-corrected chi connectivity index (χ2v) is 7.43. The van der Waals surface area contributed by atoms with Gasteiger partial charge in [0.05, 0.1) is 10.9 Å². The van der Waals surface area contributed by atoms with Gasteiger partial charge in [-0.15, -0.1) is 0 Å². The molecule has 1 aliphatic rings. The van der Waals surface area contributed by atoms with Crippen LogP contribution in [-0.2, 0) is 16.1 Å². The van der Waals surface area contributed by atoms with E-state index in [1.807, 2.05) is 25.2 Å². The topological polar surface area (TPSA) is 52.7 Å². The van der Waals surface area contributed by atoms with Crippen LogP contribution >= 0.6 is 11.6 Å². The molecule has 1 saturated heterocycles. The molecule has 0 unspecified atom stereocenters. The van der Waals surface area contributed by atoms with Crippen LogP contribution in [0.15, 0.2) is 48.5 Å². The molecule has 5 nitrogen and oxygen atoms in total. The van der Waals surface area contributed by atoms with Crippen LogP contribution in [-0.4, -0.2) is 43.4 Å². The molecule has 0 aliphatic carbocycles. The van der Waals surface area contributed by atoms with E-state index in [0.29, 0.717) is 18.8 Å². The van der Waals surface area contributed by atoms with E-state index in [9.17, 15) is 14.0 Å². The minimum Gasteiger partial charge on any atom is -0.355 e. The van der Waals surface area contributed by atoms with Crippen molar-refractivity contribution in [3.63, 3.8) is 0 Å². The molecule has 0 aromatic heterocycles. The first-order valence-corrected chi connectivity index (χ1v) is 9.57. The number of rotatable bonds is 7. The van der Waals surface area contributed by atoms with Crippen molar-refractivity contribution in [1.82, 2.24) is 10.2 Å². The third kappa shape index (κ3) is 5.09. The first kappa shape index (κ1) is 20.3. The highest BCUT2D eigenvalue weighted by atomic mass is 35.5. The van der Waals surface area contributed by atoms with Crippen LogP contribution in [0.2, 0.25) is 5.02 Å². The fourth-order valence-electron chi connectivity index (χ4n) is 3.27. The molecular formula is C21H23ClFN3O2. The number of nitrogens with one attached hydrogen (secondary N) is 1. The van der Waals surface area contributed by atoms with Gasteiger partial charge in [0, 0.05) is 38.3 Å². The smallest absolute Gasteiger partial charge is 0.227 e. The number of benzene rings is 2. The molecule has 3 rings (SSSR count). The fourth-order valence-corrected chi connectivity index (χ4v) is 3.45. The Bertz CT molecular complexity index is 847. The summed E-state index contributed by atoms with van der Waals surface area (Å²) in [5, 5.41) is 2.87. The van der Waals surface area contributed by atoms with E-state index in [2.05, 4.69) is 22.3 Å². The molecule has 1 atom stereocenters. The van der Waals surface area contributed by atoms with Crippen molar-refractivity contribution in [2.24, 2.45) is 5.92 Å². The van der Waals surface area contributed by atoms with E-state index >= 15 is 0 Å². The van der Waals surface area contributed by atoms with E-state index in [1.54, 1.807) is 0 Å². The summed E-state index contributed by atoms with van der Waals surface area (Å²) in [6, 6.07) is 14.2. The van der Waals surface area contributed by atoms with Crippen LogP contribution in [0.3, 0.4) is 0 Å². The highest BCUT2D eigenvalue weighted by Gasteiger charge is 2.35. The number of hydrogen-bond donors (Lipinski definition) is 1. The third-order valence-corrected chi connectivity index (χ3v) is 5.09. The lowest BCUT2D eigenvalue weighted by atomic mass is 10.1. The summed E-state index contributed by atoms with van der Waals surface area (Å²) in [5.41, 5.74) is 1.72. The van der Waals surface area contributed by atoms with Crippen molar-refractivity contribution in [1.29, 1.82) is 0 Å². The maximum atomic E-state index is 13.3. The Morgan fingerprint density at radius 2 is 2.04 bits per heavy atom. The monoisotopic (exact) mass is 403 g/mol. The van der Waals surface area contributed by atoms with Crippen LogP contribution < -0.4 is 10.2 Å². The lowest BCUT2D eigenvalue weighted by Crippen LogP contribution is -2.37. The molecule has 0 radical (unpaired) electrons. The average Bonchev–Trinajstić information content (AvgIpc) is 3.06. The Labute approximate surface area is 169 Å². The Morgan fingerprint density at radius 3 is 2.75 bits per heavy atom. The van der Waals surface area contributed by atoms with Crippen LogP contribution in [0.1, 0.15) is 12.0 Å². The lowest BCUT2D eigenvalue weighted by molar-refractivity contribution is -0.126. The maximum absolute atomic E-state index is 13.3. The molecule has 1 N–H and O–H groups in total. The largest absolute Gasteiger partial charge is 0.355 e. The van der Waals surface area contributed by atoms with Gasteiger partial charge in [0.2, 0.25) is 11.8 Å². The van der Waals surface area contributed by atoms with E-state index in [0.717, 1.165) is 6.54 Å².